The number of nitrogens with one attached hydrogen (secondary N) is 2. The minimum atomic E-state index is -1.18. The zero-order chi connectivity index (χ0) is 29.3. The number of rotatable bonds is 10. The highest BCUT2D eigenvalue weighted by atomic mass is 19.1. The highest BCUT2D eigenvalue weighted by Crippen LogP contribution is 2.22. The normalized spacial score (nSPS) is 13.6. The van der Waals surface area contributed by atoms with Gasteiger partial charge in [0, 0.05) is 24.4 Å². The lowest BCUT2D eigenvalue weighted by Crippen LogP contribution is -2.47. The number of aromatic nitrogens is 1. The van der Waals surface area contributed by atoms with Gasteiger partial charge in [0.2, 0.25) is 5.95 Å². The second kappa shape index (κ2) is 13.5. The van der Waals surface area contributed by atoms with Crippen molar-refractivity contribution in [2.45, 2.75) is 104 Å². The van der Waals surface area contributed by atoms with Gasteiger partial charge in [0.1, 0.15) is 22.8 Å². The molecule has 1 rings (SSSR count). The van der Waals surface area contributed by atoms with Gasteiger partial charge in [-0.2, -0.15) is 4.39 Å². The highest BCUT2D eigenvalue weighted by Gasteiger charge is 2.34. The maximum Gasteiger partial charge on any atom is 0.408 e. The highest BCUT2D eigenvalue weighted by molar-refractivity contribution is 5.94. The Morgan fingerprint density at radius 1 is 0.895 bits per heavy atom. The minimum Gasteiger partial charge on any atom is -0.460 e. The Kier molecular flexibility index (Phi) is 11.7. The van der Waals surface area contributed by atoms with Crippen molar-refractivity contribution in [1.82, 2.24) is 15.6 Å². The molecule has 10 nitrogen and oxygen atoms in total. The third kappa shape index (κ3) is 13.9. The quantitative estimate of drug-likeness (QED) is 0.194. The van der Waals surface area contributed by atoms with Crippen LogP contribution in [0.3, 0.4) is 0 Å². The number of nitrogens with zero attached hydrogens (tertiary/aromatic N) is 1. The third-order valence-corrected chi connectivity index (χ3v) is 4.65. The van der Waals surface area contributed by atoms with Crippen LogP contribution in [0, 0.1) is 11.9 Å². The minimum absolute atomic E-state index is 0.105. The Morgan fingerprint density at radius 2 is 1.45 bits per heavy atom. The Hall–Kier alpha value is -3.24. The molecule has 0 aliphatic heterocycles. The number of ether oxygens (including phenoxy) is 3. The van der Waals surface area contributed by atoms with Gasteiger partial charge < -0.3 is 24.8 Å². The second-order valence-corrected chi connectivity index (χ2v) is 12.0. The number of amides is 2. The summed E-state index contributed by atoms with van der Waals surface area (Å²) in [5, 5.41) is 5.19. The molecule has 1 heterocycles. The van der Waals surface area contributed by atoms with E-state index in [1.807, 2.05) is 0 Å². The molecule has 0 aliphatic carbocycles. The molecule has 11 heteroatoms. The van der Waals surface area contributed by atoms with Gasteiger partial charge >= 0.3 is 18.0 Å². The van der Waals surface area contributed by atoms with E-state index in [4.69, 9.17) is 14.2 Å². The molecule has 0 spiro atoms. The molecule has 2 atom stereocenters. The van der Waals surface area contributed by atoms with Crippen molar-refractivity contribution in [2.24, 2.45) is 5.92 Å². The molecule has 0 fully saturated rings. The molecule has 1 aromatic rings. The van der Waals surface area contributed by atoms with E-state index in [1.165, 1.54) is 12.3 Å². The van der Waals surface area contributed by atoms with Gasteiger partial charge in [0.15, 0.2) is 0 Å². The van der Waals surface area contributed by atoms with Gasteiger partial charge in [-0.1, -0.05) is 0 Å². The van der Waals surface area contributed by atoms with Gasteiger partial charge in [-0.05, 0) is 87.6 Å². The third-order valence-electron chi connectivity index (χ3n) is 4.65. The first kappa shape index (κ1) is 32.8. The van der Waals surface area contributed by atoms with Crippen molar-refractivity contribution >= 4 is 23.9 Å². The number of hydrogen-bond acceptors (Lipinski definition) is 8. The maximum absolute atomic E-state index is 13.3. The predicted molar refractivity (Wildman–Crippen MR) is 139 cm³/mol. The van der Waals surface area contributed by atoms with E-state index in [2.05, 4.69) is 15.6 Å². The largest absolute Gasteiger partial charge is 0.460 e. The van der Waals surface area contributed by atoms with Crippen LogP contribution in [0.2, 0.25) is 0 Å². The van der Waals surface area contributed by atoms with Crippen molar-refractivity contribution in [1.29, 1.82) is 0 Å². The maximum atomic E-state index is 13.3. The first-order valence-corrected chi connectivity index (χ1v) is 12.6. The molecule has 0 radical (unpaired) electrons. The van der Waals surface area contributed by atoms with E-state index in [9.17, 15) is 23.6 Å². The number of halogens is 1. The number of carbonyl (C=O) groups excluding carboxylic acids is 4. The smallest absolute Gasteiger partial charge is 0.408 e. The van der Waals surface area contributed by atoms with Crippen molar-refractivity contribution in [3.63, 3.8) is 0 Å². The summed E-state index contributed by atoms with van der Waals surface area (Å²) in [7, 11) is 0. The summed E-state index contributed by atoms with van der Waals surface area (Å²) in [4.78, 5) is 54.2. The first-order chi connectivity index (χ1) is 17.3. The Balaban J connectivity index is 3.01. The van der Waals surface area contributed by atoms with Crippen molar-refractivity contribution in [2.75, 3.05) is 6.54 Å². The Labute approximate surface area is 224 Å². The Morgan fingerprint density at radius 3 is 1.97 bits per heavy atom. The Bertz CT molecular complexity index is 978. The van der Waals surface area contributed by atoms with E-state index < -0.39 is 58.6 Å². The fourth-order valence-corrected chi connectivity index (χ4v) is 3.23. The zero-order valence-corrected chi connectivity index (χ0v) is 23.9. The fourth-order valence-electron chi connectivity index (χ4n) is 3.23. The summed E-state index contributed by atoms with van der Waals surface area (Å²) in [6.45, 7) is 15.5. The fraction of sp³-hybridized carbons (Fsp3) is 0.667. The average Bonchev–Trinajstić information content (AvgIpc) is 2.71. The van der Waals surface area contributed by atoms with Crippen molar-refractivity contribution < 1.29 is 37.8 Å². The lowest BCUT2D eigenvalue weighted by atomic mass is 9.94. The van der Waals surface area contributed by atoms with Gasteiger partial charge in [-0.25, -0.2) is 14.6 Å². The number of pyridine rings is 1. The van der Waals surface area contributed by atoms with Crippen LogP contribution >= 0.6 is 0 Å². The average molecular weight is 540 g/mol. The second-order valence-electron chi connectivity index (χ2n) is 12.0. The van der Waals surface area contributed by atoms with E-state index in [0.29, 0.717) is 6.42 Å². The molecule has 0 aliphatic rings. The molecule has 2 amide bonds. The summed E-state index contributed by atoms with van der Waals surface area (Å²) >= 11 is 0. The molecular formula is C27H42FN3O7. The van der Waals surface area contributed by atoms with E-state index in [1.54, 1.807) is 62.3 Å². The lowest BCUT2D eigenvalue weighted by molar-refractivity contribution is -0.163. The topological polar surface area (TPSA) is 133 Å². The van der Waals surface area contributed by atoms with Crippen LogP contribution in [0.25, 0.3) is 0 Å². The molecule has 0 bridgehead atoms. The van der Waals surface area contributed by atoms with Crippen LogP contribution < -0.4 is 10.6 Å². The van der Waals surface area contributed by atoms with Crippen LogP contribution in [-0.2, 0) is 23.8 Å². The summed E-state index contributed by atoms with van der Waals surface area (Å²) in [5.74, 6) is -3.34. The molecule has 2 N–H and O–H groups in total. The van der Waals surface area contributed by atoms with Crippen LogP contribution in [0.4, 0.5) is 9.18 Å². The summed E-state index contributed by atoms with van der Waals surface area (Å²) in [5.41, 5.74) is -2.30. The molecule has 1 aromatic heterocycles. The molecule has 0 aromatic carbocycles. The molecule has 214 valence electrons. The number of carbonyl (C=O) groups is 4. The summed E-state index contributed by atoms with van der Waals surface area (Å²) < 4.78 is 29.6. The SMILES string of the molecule is CC(C)(C)OC(=O)N[C@@H](C[C@H](CCCNC(=O)c1ccnc(F)c1)C(=O)OC(C)(C)C)C(=O)OC(C)(C)C. The van der Waals surface area contributed by atoms with Crippen LogP contribution in [0.15, 0.2) is 18.3 Å². The summed E-state index contributed by atoms with van der Waals surface area (Å²) in [6, 6.07) is 1.22. The molecule has 38 heavy (non-hydrogen) atoms. The van der Waals surface area contributed by atoms with Gasteiger partial charge in [-0.15, -0.1) is 0 Å². The lowest BCUT2D eigenvalue weighted by Gasteiger charge is -2.29. The van der Waals surface area contributed by atoms with Gasteiger partial charge in [0.05, 0.1) is 5.92 Å². The van der Waals surface area contributed by atoms with Crippen molar-refractivity contribution in [3.05, 3.63) is 29.8 Å². The molecule has 0 saturated heterocycles. The number of esters is 2. The monoisotopic (exact) mass is 539 g/mol. The predicted octanol–water partition coefficient (Wildman–Crippen LogP) is 4.31. The van der Waals surface area contributed by atoms with Gasteiger partial charge in [0.25, 0.3) is 5.91 Å². The zero-order valence-electron chi connectivity index (χ0n) is 23.9. The summed E-state index contributed by atoms with van der Waals surface area (Å²) in [6.07, 6.45) is 0.837. The molecule has 0 unspecified atom stereocenters. The van der Waals surface area contributed by atoms with Crippen LogP contribution in [-0.4, -0.2) is 58.3 Å². The number of hydrogen-bond donors (Lipinski definition) is 2. The van der Waals surface area contributed by atoms with E-state index >= 15 is 0 Å². The first-order valence-electron chi connectivity index (χ1n) is 12.6. The van der Waals surface area contributed by atoms with E-state index in [-0.39, 0.29) is 24.9 Å². The van der Waals surface area contributed by atoms with Crippen molar-refractivity contribution in [3.8, 4) is 0 Å². The van der Waals surface area contributed by atoms with E-state index in [0.717, 1.165) is 6.07 Å². The van der Waals surface area contributed by atoms with Crippen LogP contribution in [0.1, 0.15) is 91.9 Å². The van der Waals surface area contributed by atoms with Crippen LogP contribution in [0.5, 0.6) is 0 Å². The molecular weight excluding hydrogens is 497 g/mol. The molecule has 0 saturated carbocycles. The standard InChI is InChI=1S/C27H42FN3O7/c1-25(2,3)36-22(33)18(11-10-13-30-21(32)17-12-14-29-20(28)16-17)15-19(23(34)37-26(4,5)6)31-24(35)38-27(7,8)9/h12,14,16,18-19H,10-11,13,15H2,1-9H3,(H,30,32)(H,31,35)/t18-,19-/m0/s1. The number of alkyl carbamates (subject to hydrolysis) is 1. The van der Waals surface area contributed by atoms with Gasteiger partial charge in [-0.3, -0.25) is 9.59 Å².